The maximum Gasteiger partial charge on any atom is 0.325 e. The molecule has 2 aromatic carbocycles. The molecule has 1 unspecified atom stereocenters. The van der Waals surface area contributed by atoms with Gasteiger partial charge in [-0.1, -0.05) is 81.1 Å². The SMILES string of the molecule is O=C1CCC(N2Cc3ccc(C4=C[C@]4(C(=O)OCC(Cl)(Cl)Cl)c4ccc(Br)cc4)cc3C2=O)C(=O)N1. The fraction of sp³-hybridized carbons (Fsp3) is 0.280. The lowest BCUT2D eigenvalue weighted by Gasteiger charge is -2.29. The van der Waals surface area contributed by atoms with E-state index >= 15 is 0 Å². The molecule has 2 heterocycles. The monoisotopic (exact) mass is 610 g/mol. The Labute approximate surface area is 229 Å². The van der Waals surface area contributed by atoms with Crippen LogP contribution in [0.15, 0.2) is 53.0 Å². The Balaban J connectivity index is 1.43. The van der Waals surface area contributed by atoms with Crippen molar-refractivity contribution in [3.8, 4) is 0 Å². The second-order valence-electron chi connectivity index (χ2n) is 8.84. The van der Waals surface area contributed by atoms with Gasteiger partial charge in [0.05, 0.1) is 0 Å². The maximum atomic E-state index is 13.3. The van der Waals surface area contributed by atoms with E-state index in [9.17, 15) is 19.2 Å². The highest BCUT2D eigenvalue weighted by molar-refractivity contribution is 9.10. The third kappa shape index (κ3) is 4.56. The highest BCUT2D eigenvalue weighted by Gasteiger charge is 2.55. The fourth-order valence-electron chi connectivity index (χ4n) is 4.71. The topological polar surface area (TPSA) is 92.8 Å². The van der Waals surface area contributed by atoms with Crippen molar-refractivity contribution in [1.29, 1.82) is 0 Å². The molecule has 2 aliphatic heterocycles. The highest BCUT2D eigenvalue weighted by Crippen LogP contribution is 2.54. The van der Waals surface area contributed by atoms with Crippen LogP contribution in [0.25, 0.3) is 5.57 Å². The smallest absolute Gasteiger partial charge is 0.325 e. The van der Waals surface area contributed by atoms with Crippen molar-refractivity contribution in [2.75, 3.05) is 6.61 Å². The summed E-state index contributed by atoms with van der Waals surface area (Å²) in [6.45, 7) is -0.150. The average molecular weight is 613 g/mol. The third-order valence-electron chi connectivity index (χ3n) is 6.53. The molecule has 0 saturated carbocycles. The molecule has 7 nitrogen and oxygen atoms in total. The number of carbonyl (C=O) groups is 4. The lowest BCUT2D eigenvalue weighted by atomic mass is 9.87. The van der Waals surface area contributed by atoms with Crippen LogP contribution in [0.2, 0.25) is 0 Å². The molecule has 1 fully saturated rings. The van der Waals surface area contributed by atoms with E-state index in [1.54, 1.807) is 24.3 Å². The normalized spacial score (nSPS) is 23.2. The minimum absolute atomic E-state index is 0.181. The Morgan fingerprint density at radius 1 is 1.14 bits per heavy atom. The Morgan fingerprint density at radius 3 is 2.53 bits per heavy atom. The molecule has 5 rings (SSSR count). The van der Waals surface area contributed by atoms with Crippen molar-refractivity contribution in [2.45, 2.75) is 34.6 Å². The number of esters is 1. The first-order valence-corrected chi connectivity index (χ1v) is 12.9. The third-order valence-corrected chi connectivity index (χ3v) is 7.39. The van der Waals surface area contributed by atoms with Crippen molar-refractivity contribution >= 4 is 80.0 Å². The van der Waals surface area contributed by atoms with Crippen LogP contribution in [0.3, 0.4) is 0 Å². The van der Waals surface area contributed by atoms with Gasteiger partial charge < -0.3 is 9.64 Å². The van der Waals surface area contributed by atoms with Crippen molar-refractivity contribution in [2.24, 2.45) is 0 Å². The van der Waals surface area contributed by atoms with Gasteiger partial charge in [0.2, 0.25) is 15.6 Å². The zero-order valence-corrected chi connectivity index (χ0v) is 22.4. The van der Waals surface area contributed by atoms with Gasteiger partial charge in [0, 0.05) is 23.0 Å². The van der Waals surface area contributed by atoms with E-state index in [1.807, 2.05) is 24.3 Å². The van der Waals surface area contributed by atoms with Crippen LogP contribution in [-0.4, -0.2) is 45.0 Å². The second kappa shape index (κ2) is 9.17. The number of hydrogen-bond acceptors (Lipinski definition) is 5. The van der Waals surface area contributed by atoms with Crippen molar-refractivity contribution in [1.82, 2.24) is 10.2 Å². The zero-order valence-electron chi connectivity index (χ0n) is 18.5. The van der Waals surface area contributed by atoms with E-state index in [1.165, 1.54) is 4.90 Å². The molecule has 2 aromatic rings. The number of nitrogens with one attached hydrogen (secondary N) is 1. The number of hydrogen-bond donors (Lipinski definition) is 1. The number of ether oxygens (including phenoxy) is 1. The van der Waals surface area contributed by atoms with Gasteiger partial charge in [-0.25, -0.2) is 0 Å². The maximum absolute atomic E-state index is 13.3. The van der Waals surface area contributed by atoms with Crippen LogP contribution in [0.1, 0.15) is 39.9 Å². The van der Waals surface area contributed by atoms with E-state index < -0.39 is 33.7 Å². The fourth-order valence-corrected chi connectivity index (χ4v) is 5.14. The molecule has 0 aromatic heterocycles. The molecular formula is C25H18BrCl3N2O5. The first-order chi connectivity index (χ1) is 17.0. The first-order valence-electron chi connectivity index (χ1n) is 11.0. The first kappa shape index (κ1) is 25.3. The van der Waals surface area contributed by atoms with Crippen LogP contribution < -0.4 is 5.32 Å². The van der Waals surface area contributed by atoms with Crippen LogP contribution in [0, 0.1) is 0 Å². The van der Waals surface area contributed by atoms with Crippen LogP contribution in [-0.2, 0) is 31.1 Å². The standard InChI is InChI=1S/C25H18BrCl3N2O5/c26-16-5-3-15(4-6-16)24(23(35)36-12-25(27,28)29)10-18(24)13-1-2-14-11-31(22(34)17(14)9-13)19-7-8-20(32)30-21(19)33/h1-6,9-10,19H,7-8,11-12H2,(H,30,32,33)/t19?,24-/m0/s1. The Bertz CT molecular complexity index is 1340. The van der Waals surface area contributed by atoms with Gasteiger partial charge in [0.15, 0.2) is 0 Å². The van der Waals surface area contributed by atoms with Gasteiger partial charge in [-0.2, -0.15) is 0 Å². The minimum Gasteiger partial charge on any atom is -0.460 e. The summed E-state index contributed by atoms with van der Waals surface area (Å²) >= 11 is 20.8. The molecule has 3 amide bonds. The summed E-state index contributed by atoms with van der Waals surface area (Å²) in [5, 5.41) is 2.30. The molecule has 186 valence electrons. The lowest BCUT2D eigenvalue weighted by Crippen LogP contribution is -2.52. The molecule has 1 N–H and O–H groups in total. The molecule has 11 heteroatoms. The number of fused-ring (bicyclic) bond motifs is 1. The number of imide groups is 1. The Morgan fingerprint density at radius 2 is 1.86 bits per heavy atom. The molecule has 0 radical (unpaired) electrons. The molecule has 3 aliphatic rings. The highest BCUT2D eigenvalue weighted by atomic mass is 79.9. The van der Waals surface area contributed by atoms with Gasteiger partial charge in [-0.15, -0.1) is 0 Å². The summed E-state index contributed by atoms with van der Waals surface area (Å²) in [5.41, 5.74) is 2.03. The molecule has 2 atom stereocenters. The molecular weight excluding hydrogens is 595 g/mol. The molecule has 1 aliphatic carbocycles. The quantitative estimate of drug-likeness (QED) is 0.306. The van der Waals surface area contributed by atoms with Gasteiger partial charge >= 0.3 is 5.97 Å². The predicted octanol–water partition coefficient (Wildman–Crippen LogP) is 4.46. The summed E-state index contributed by atoms with van der Waals surface area (Å²) in [6.07, 6.45) is 2.22. The Hall–Kier alpha value is -2.39. The number of benzene rings is 2. The van der Waals surface area contributed by atoms with Crippen molar-refractivity contribution in [3.05, 3.63) is 75.3 Å². The van der Waals surface area contributed by atoms with Crippen LogP contribution in [0.4, 0.5) is 0 Å². The van der Waals surface area contributed by atoms with Crippen LogP contribution in [0.5, 0.6) is 0 Å². The number of piperidine rings is 1. The van der Waals surface area contributed by atoms with E-state index in [-0.39, 0.29) is 31.2 Å². The molecule has 1 saturated heterocycles. The molecule has 0 bridgehead atoms. The lowest BCUT2D eigenvalue weighted by molar-refractivity contribution is -0.145. The second-order valence-corrected chi connectivity index (χ2v) is 12.3. The van der Waals surface area contributed by atoms with Gasteiger partial charge in [0.1, 0.15) is 18.1 Å². The van der Waals surface area contributed by atoms with E-state index in [0.29, 0.717) is 22.3 Å². The van der Waals surface area contributed by atoms with Gasteiger partial charge in [-0.05, 0) is 46.9 Å². The zero-order chi connectivity index (χ0) is 25.8. The summed E-state index contributed by atoms with van der Waals surface area (Å²) in [7, 11) is 0. The number of alkyl halides is 3. The van der Waals surface area contributed by atoms with Crippen molar-refractivity contribution in [3.63, 3.8) is 0 Å². The number of amides is 3. The summed E-state index contributed by atoms with van der Waals surface area (Å²) in [6, 6.07) is 11.9. The predicted molar refractivity (Wildman–Crippen MR) is 138 cm³/mol. The Kier molecular flexibility index (Phi) is 6.44. The van der Waals surface area contributed by atoms with Crippen molar-refractivity contribution < 1.29 is 23.9 Å². The van der Waals surface area contributed by atoms with Crippen LogP contribution >= 0.6 is 50.7 Å². The van der Waals surface area contributed by atoms with Gasteiger partial charge in [-0.3, -0.25) is 24.5 Å². The molecule has 0 spiro atoms. The largest absolute Gasteiger partial charge is 0.460 e. The van der Waals surface area contributed by atoms with E-state index in [4.69, 9.17) is 39.5 Å². The number of halogens is 4. The number of carbonyl (C=O) groups excluding carboxylic acids is 4. The molecule has 36 heavy (non-hydrogen) atoms. The van der Waals surface area contributed by atoms with E-state index in [0.717, 1.165) is 10.0 Å². The summed E-state index contributed by atoms with van der Waals surface area (Å²) in [5.74, 6) is -1.70. The average Bonchev–Trinajstić information content (AvgIpc) is 3.50. The number of nitrogens with zero attached hydrogens (tertiary/aromatic N) is 1. The van der Waals surface area contributed by atoms with E-state index in [2.05, 4.69) is 21.2 Å². The number of rotatable bonds is 5. The van der Waals surface area contributed by atoms with Gasteiger partial charge in [0.25, 0.3) is 5.91 Å². The summed E-state index contributed by atoms with van der Waals surface area (Å²) < 4.78 is 4.44. The summed E-state index contributed by atoms with van der Waals surface area (Å²) in [4.78, 5) is 51.8. The minimum atomic E-state index is -1.76.